The Morgan fingerprint density at radius 1 is 1.19 bits per heavy atom. The van der Waals surface area contributed by atoms with Gasteiger partial charge in [0.1, 0.15) is 17.5 Å². The summed E-state index contributed by atoms with van der Waals surface area (Å²) in [5, 5.41) is 6.27. The maximum absolute atomic E-state index is 12.9. The zero-order valence-electron chi connectivity index (χ0n) is 14.8. The zero-order valence-corrected chi connectivity index (χ0v) is 14.8. The summed E-state index contributed by atoms with van der Waals surface area (Å²) in [6.07, 6.45) is -1.17. The maximum Gasteiger partial charge on any atom is 0.416 e. The van der Waals surface area contributed by atoms with Crippen molar-refractivity contribution >= 4 is 11.6 Å². The van der Waals surface area contributed by atoms with E-state index in [0.29, 0.717) is 11.6 Å². The number of hydrogen-bond acceptors (Lipinski definition) is 5. The highest BCUT2D eigenvalue weighted by molar-refractivity contribution is 5.53. The highest BCUT2D eigenvalue weighted by Crippen LogP contribution is 2.31. The second-order valence-electron chi connectivity index (χ2n) is 6.79. The molecule has 1 aliphatic heterocycles. The van der Waals surface area contributed by atoms with Crippen LogP contribution in [0.3, 0.4) is 0 Å². The lowest BCUT2D eigenvalue weighted by Gasteiger charge is -2.23. The van der Waals surface area contributed by atoms with Crippen LogP contribution >= 0.6 is 0 Å². The molecular weight excluding hydrogens is 343 g/mol. The van der Waals surface area contributed by atoms with E-state index >= 15 is 0 Å². The van der Waals surface area contributed by atoms with Crippen LogP contribution in [0.1, 0.15) is 55.6 Å². The minimum absolute atomic E-state index is 0.112. The van der Waals surface area contributed by atoms with Gasteiger partial charge in [-0.15, -0.1) is 0 Å². The minimum atomic E-state index is -4.41. The van der Waals surface area contributed by atoms with Gasteiger partial charge in [-0.25, -0.2) is 15.0 Å². The third-order valence-corrected chi connectivity index (χ3v) is 4.34. The number of nitrogens with zero attached hydrogens (tertiary/aromatic N) is 3. The van der Waals surface area contributed by atoms with Crippen LogP contribution in [0.5, 0.6) is 0 Å². The summed E-state index contributed by atoms with van der Waals surface area (Å²) in [5.74, 6) is 1.64. The standard InChI is InChI=1S/C18H22F3N5/c1-11(2)17-24-14(12-4-3-6-22-10-12)9-16(26-17)25-15-8-13(5-7-23-15)18(19,20)21/h5,7-9,11-12,22H,3-4,6,10H2,1-2H3,(H,23,24,25,26). The lowest BCUT2D eigenvalue weighted by atomic mass is 9.95. The van der Waals surface area contributed by atoms with Crippen molar-refractivity contribution in [2.75, 3.05) is 18.4 Å². The summed E-state index contributed by atoms with van der Waals surface area (Å²) < 4.78 is 38.7. The van der Waals surface area contributed by atoms with Crippen LogP contribution in [0.15, 0.2) is 24.4 Å². The number of rotatable bonds is 4. The van der Waals surface area contributed by atoms with E-state index in [1.165, 1.54) is 0 Å². The third-order valence-electron chi connectivity index (χ3n) is 4.34. The van der Waals surface area contributed by atoms with Crippen LogP contribution in [-0.2, 0) is 6.18 Å². The smallest absolute Gasteiger partial charge is 0.325 e. The Labute approximate surface area is 150 Å². The molecule has 1 fully saturated rings. The van der Waals surface area contributed by atoms with E-state index in [2.05, 4.69) is 25.6 Å². The van der Waals surface area contributed by atoms with Gasteiger partial charge in [0, 0.05) is 30.6 Å². The Bertz CT molecular complexity index is 755. The maximum atomic E-state index is 12.9. The SMILES string of the molecule is CC(C)c1nc(Nc2cc(C(F)(F)F)ccn2)cc(C2CCCNC2)n1. The largest absolute Gasteiger partial charge is 0.416 e. The molecule has 0 bridgehead atoms. The highest BCUT2D eigenvalue weighted by Gasteiger charge is 2.30. The molecule has 5 nitrogen and oxygen atoms in total. The Morgan fingerprint density at radius 3 is 2.65 bits per heavy atom. The number of nitrogens with one attached hydrogen (secondary N) is 2. The first-order chi connectivity index (χ1) is 12.3. The molecule has 1 aliphatic rings. The Balaban J connectivity index is 1.90. The molecule has 1 atom stereocenters. The topological polar surface area (TPSA) is 62.7 Å². The summed E-state index contributed by atoms with van der Waals surface area (Å²) in [4.78, 5) is 13.1. The van der Waals surface area contributed by atoms with Crippen molar-refractivity contribution in [2.45, 2.75) is 44.7 Å². The monoisotopic (exact) mass is 365 g/mol. The fourth-order valence-corrected chi connectivity index (χ4v) is 2.93. The number of halogens is 3. The van der Waals surface area contributed by atoms with Gasteiger partial charge in [-0.3, -0.25) is 0 Å². The molecular formula is C18H22F3N5. The Morgan fingerprint density at radius 2 is 2.00 bits per heavy atom. The predicted molar refractivity (Wildman–Crippen MR) is 93.5 cm³/mol. The molecule has 0 aliphatic carbocycles. The number of pyridine rings is 1. The van der Waals surface area contributed by atoms with Crippen molar-refractivity contribution in [3.05, 3.63) is 41.5 Å². The molecule has 0 saturated carbocycles. The van der Waals surface area contributed by atoms with Gasteiger partial charge in [-0.1, -0.05) is 13.8 Å². The van der Waals surface area contributed by atoms with Gasteiger partial charge in [0.15, 0.2) is 0 Å². The average Bonchev–Trinajstić information content (AvgIpc) is 2.61. The molecule has 0 amide bonds. The van der Waals surface area contributed by atoms with Crippen molar-refractivity contribution in [3.8, 4) is 0 Å². The third kappa shape index (κ3) is 4.49. The first-order valence-electron chi connectivity index (χ1n) is 8.73. The molecule has 1 unspecified atom stereocenters. The van der Waals surface area contributed by atoms with Crippen molar-refractivity contribution < 1.29 is 13.2 Å². The van der Waals surface area contributed by atoms with Crippen LogP contribution in [0.2, 0.25) is 0 Å². The van der Waals surface area contributed by atoms with Crippen LogP contribution in [0.4, 0.5) is 24.8 Å². The van der Waals surface area contributed by atoms with Gasteiger partial charge in [-0.05, 0) is 31.5 Å². The van der Waals surface area contributed by atoms with Crippen molar-refractivity contribution in [3.63, 3.8) is 0 Å². The normalized spacial score (nSPS) is 18.2. The Kier molecular flexibility index (Phi) is 5.41. The minimum Gasteiger partial charge on any atom is -0.325 e. The average molecular weight is 365 g/mol. The molecule has 2 N–H and O–H groups in total. The van der Waals surface area contributed by atoms with Gasteiger partial charge in [0.25, 0.3) is 0 Å². The van der Waals surface area contributed by atoms with Crippen LogP contribution < -0.4 is 10.6 Å². The molecule has 0 radical (unpaired) electrons. The van der Waals surface area contributed by atoms with Gasteiger partial charge in [0.2, 0.25) is 0 Å². The summed E-state index contributed by atoms with van der Waals surface area (Å²) >= 11 is 0. The zero-order chi connectivity index (χ0) is 18.7. The molecule has 0 aromatic carbocycles. The summed E-state index contributed by atoms with van der Waals surface area (Å²) in [6.45, 7) is 5.82. The van der Waals surface area contributed by atoms with Crippen molar-refractivity contribution in [1.82, 2.24) is 20.3 Å². The number of anilines is 2. The molecule has 2 aromatic heterocycles. The van der Waals surface area contributed by atoms with E-state index in [-0.39, 0.29) is 17.7 Å². The summed E-state index contributed by atoms with van der Waals surface area (Å²) in [5.41, 5.74) is 0.162. The first kappa shape index (κ1) is 18.6. The van der Waals surface area contributed by atoms with E-state index in [1.807, 2.05) is 19.9 Å². The second-order valence-corrected chi connectivity index (χ2v) is 6.79. The fourth-order valence-electron chi connectivity index (χ4n) is 2.93. The molecule has 26 heavy (non-hydrogen) atoms. The summed E-state index contributed by atoms with van der Waals surface area (Å²) in [6, 6.07) is 3.74. The number of aromatic nitrogens is 3. The van der Waals surface area contributed by atoms with Crippen LogP contribution in [0, 0.1) is 0 Å². The fraction of sp³-hybridized carbons (Fsp3) is 0.500. The van der Waals surface area contributed by atoms with Crippen molar-refractivity contribution in [2.24, 2.45) is 0 Å². The molecule has 8 heteroatoms. The second kappa shape index (κ2) is 7.57. The first-order valence-corrected chi connectivity index (χ1v) is 8.73. The van der Waals surface area contributed by atoms with E-state index in [1.54, 1.807) is 0 Å². The molecule has 3 heterocycles. The number of hydrogen-bond donors (Lipinski definition) is 2. The molecule has 2 aromatic rings. The van der Waals surface area contributed by atoms with E-state index in [0.717, 1.165) is 50.0 Å². The quantitative estimate of drug-likeness (QED) is 0.849. The number of piperidine rings is 1. The van der Waals surface area contributed by atoms with Crippen LogP contribution in [0.25, 0.3) is 0 Å². The molecule has 1 saturated heterocycles. The van der Waals surface area contributed by atoms with E-state index in [4.69, 9.17) is 0 Å². The molecule has 0 spiro atoms. The van der Waals surface area contributed by atoms with Gasteiger partial charge in [-0.2, -0.15) is 13.2 Å². The van der Waals surface area contributed by atoms with Crippen molar-refractivity contribution in [1.29, 1.82) is 0 Å². The van der Waals surface area contributed by atoms with Crippen LogP contribution in [-0.4, -0.2) is 28.0 Å². The molecule has 140 valence electrons. The van der Waals surface area contributed by atoms with E-state index in [9.17, 15) is 13.2 Å². The lowest BCUT2D eigenvalue weighted by molar-refractivity contribution is -0.137. The number of alkyl halides is 3. The lowest BCUT2D eigenvalue weighted by Crippen LogP contribution is -2.29. The highest BCUT2D eigenvalue weighted by atomic mass is 19.4. The van der Waals surface area contributed by atoms with E-state index < -0.39 is 11.7 Å². The molecule has 3 rings (SSSR count). The summed E-state index contributed by atoms with van der Waals surface area (Å²) in [7, 11) is 0. The van der Waals surface area contributed by atoms with Gasteiger partial charge in [0.05, 0.1) is 11.3 Å². The Hall–Kier alpha value is -2.22. The van der Waals surface area contributed by atoms with Gasteiger partial charge >= 0.3 is 6.18 Å². The predicted octanol–water partition coefficient (Wildman–Crippen LogP) is 4.22. The van der Waals surface area contributed by atoms with Gasteiger partial charge < -0.3 is 10.6 Å².